The zero-order valence-electron chi connectivity index (χ0n) is 9.78. The number of methoxy groups -OCH3 is 1. The minimum absolute atomic E-state index is 0.00907. The van der Waals surface area contributed by atoms with E-state index in [2.05, 4.69) is 10.4 Å². The van der Waals surface area contributed by atoms with Crippen LogP contribution in [0.3, 0.4) is 0 Å². The Morgan fingerprint density at radius 3 is 2.80 bits per heavy atom. The molecule has 1 aromatic rings. The number of rotatable bonds is 6. The quantitative estimate of drug-likeness (QED) is 0.740. The van der Waals surface area contributed by atoms with Gasteiger partial charge in [0.1, 0.15) is 6.10 Å². The Hall–Kier alpha value is -1.07. The van der Waals surface area contributed by atoms with Crippen molar-refractivity contribution in [2.24, 2.45) is 7.05 Å². The lowest BCUT2D eigenvalue weighted by molar-refractivity contribution is 0.0758. The Labute approximate surface area is 90.4 Å². The van der Waals surface area contributed by atoms with Crippen LogP contribution in [0.2, 0.25) is 0 Å². The molecule has 0 spiro atoms. The summed E-state index contributed by atoms with van der Waals surface area (Å²) in [6.07, 6.45) is 0.00907. The molecule has 0 aliphatic rings. The predicted molar refractivity (Wildman–Crippen MR) is 58.2 cm³/mol. The Bertz CT molecular complexity index is 293. The Balaban J connectivity index is 2.60. The minimum atomic E-state index is 0.00907. The number of hydrogen-bond acceptors (Lipinski definition) is 4. The number of nitrogens with zero attached hydrogens (tertiary/aromatic N) is 2. The smallest absolute Gasteiger partial charge is 0.212 e. The number of ether oxygens (including phenoxy) is 2. The van der Waals surface area contributed by atoms with Crippen LogP contribution in [0.25, 0.3) is 0 Å². The third-order valence-corrected chi connectivity index (χ3v) is 2.03. The maximum atomic E-state index is 5.76. The van der Waals surface area contributed by atoms with Crippen LogP contribution in [0, 0.1) is 6.92 Å². The van der Waals surface area contributed by atoms with Crippen molar-refractivity contribution in [3.05, 3.63) is 11.8 Å². The molecule has 0 bridgehead atoms. The minimum Gasteiger partial charge on any atom is -0.471 e. The van der Waals surface area contributed by atoms with E-state index in [0.717, 1.165) is 18.1 Å². The molecule has 1 atom stereocenters. The van der Waals surface area contributed by atoms with Gasteiger partial charge in [-0.25, -0.2) is 4.68 Å². The Morgan fingerprint density at radius 2 is 2.33 bits per heavy atom. The molecule has 0 saturated heterocycles. The van der Waals surface area contributed by atoms with Crippen molar-refractivity contribution in [2.75, 3.05) is 27.3 Å². The van der Waals surface area contributed by atoms with Gasteiger partial charge in [0.15, 0.2) is 0 Å². The first-order chi connectivity index (χ1) is 7.17. The molecule has 5 heteroatoms. The highest BCUT2D eigenvalue weighted by molar-refractivity contribution is 5.14. The zero-order chi connectivity index (χ0) is 11.3. The Morgan fingerprint density at radius 1 is 1.60 bits per heavy atom. The lowest BCUT2D eigenvalue weighted by atomic mass is 10.3. The fraction of sp³-hybridized carbons (Fsp3) is 0.700. The van der Waals surface area contributed by atoms with Crippen molar-refractivity contribution >= 4 is 0 Å². The summed E-state index contributed by atoms with van der Waals surface area (Å²) in [5, 5.41) is 7.28. The molecular formula is C10H19N3O2. The standard InChI is InChI=1S/C10H19N3O2/c1-8-5-10(13(3)12-8)15-9(6-11-2)7-14-4/h5,9,11H,6-7H2,1-4H3. The predicted octanol–water partition coefficient (Wildman–Crippen LogP) is 0.342. The first-order valence-corrected chi connectivity index (χ1v) is 4.98. The molecule has 0 aliphatic carbocycles. The average Bonchev–Trinajstić information content (AvgIpc) is 2.46. The monoisotopic (exact) mass is 213 g/mol. The number of aromatic nitrogens is 2. The second-order valence-electron chi connectivity index (χ2n) is 3.50. The lowest BCUT2D eigenvalue weighted by Gasteiger charge is -2.17. The van der Waals surface area contributed by atoms with E-state index in [0.29, 0.717) is 6.61 Å². The van der Waals surface area contributed by atoms with Crippen LogP contribution >= 0.6 is 0 Å². The third kappa shape index (κ3) is 3.53. The molecule has 5 nitrogen and oxygen atoms in total. The fourth-order valence-electron chi connectivity index (χ4n) is 1.42. The van der Waals surface area contributed by atoms with Crippen molar-refractivity contribution in [2.45, 2.75) is 13.0 Å². The van der Waals surface area contributed by atoms with Crippen LogP contribution < -0.4 is 10.1 Å². The van der Waals surface area contributed by atoms with E-state index in [4.69, 9.17) is 9.47 Å². The number of nitrogens with one attached hydrogen (secondary N) is 1. The summed E-state index contributed by atoms with van der Waals surface area (Å²) in [7, 11) is 5.42. The van der Waals surface area contributed by atoms with Gasteiger partial charge in [0.05, 0.1) is 12.3 Å². The van der Waals surface area contributed by atoms with Gasteiger partial charge in [-0.1, -0.05) is 0 Å². The van der Waals surface area contributed by atoms with Gasteiger partial charge in [-0.15, -0.1) is 0 Å². The molecule has 1 N–H and O–H groups in total. The summed E-state index contributed by atoms with van der Waals surface area (Å²) in [4.78, 5) is 0. The van der Waals surface area contributed by atoms with E-state index >= 15 is 0 Å². The normalized spacial score (nSPS) is 12.8. The molecule has 1 rings (SSSR count). The molecular weight excluding hydrogens is 194 g/mol. The Kier molecular flexibility index (Phi) is 4.58. The molecule has 0 aromatic carbocycles. The first-order valence-electron chi connectivity index (χ1n) is 4.98. The van der Waals surface area contributed by atoms with E-state index in [1.807, 2.05) is 27.1 Å². The molecule has 1 heterocycles. The molecule has 1 aromatic heterocycles. The second kappa shape index (κ2) is 5.72. The van der Waals surface area contributed by atoms with E-state index in [-0.39, 0.29) is 6.10 Å². The average molecular weight is 213 g/mol. The van der Waals surface area contributed by atoms with Crippen LogP contribution in [0.1, 0.15) is 5.69 Å². The summed E-state index contributed by atoms with van der Waals surface area (Å²) >= 11 is 0. The molecule has 0 amide bonds. The van der Waals surface area contributed by atoms with Crippen molar-refractivity contribution in [3.63, 3.8) is 0 Å². The van der Waals surface area contributed by atoms with Crippen LogP contribution in [-0.2, 0) is 11.8 Å². The lowest BCUT2D eigenvalue weighted by Crippen LogP contribution is -2.33. The summed E-state index contributed by atoms with van der Waals surface area (Å²) in [5.41, 5.74) is 0.952. The molecule has 0 radical (unpaired) electrons. The van der Waals surface area contributed by atoms with Gasteiger partial charge in [0.2, 0.25) is 5.88 Å². The highest BCUT2D eigenvalue weighted by Crippen LogP contribution is 2.12. The molecule has 1 unspecified atom stereocenters. The van der Waals surface area contributed by atoms with Crippen molar-refractivity contribution in [1.29, 1.82) is 0 Å². The van der Waals surface area contributed by atoms with Gasteiger partial charge >= 0.3 is 0 Å². The van der Waals surface area contributed by atoms with Crippen molar-refractivity contribution in [3.8, 4) is 5.88 Å². The van der Waals surface area contributed by atoms with Crippen molar-refractivity contribution < 1.29 is 9.47 Å². The first kappa shape index (κ1) is 12.0. The molecule has 0 aliphatic heterocycles. The van der Waals surface area contributed by atoms with Crippen molar-refractivity contribution in [1.82, 2.24) is 15.1 Å². The number of aryl methyl sites for hydroxylation is 2. The van der Waals surface area contributed by atoms with Crippen LogP contribution in [-0.4, -0.2) is 43.2 Å². The second-order valence-corrected chi connectivity index (χ2v) is 3.50. The highest BCUT2D eigenvalue weighted by Gasteiger charge is 2.12. The van der Waals surface area contributed by atoms with E-state index in [1.165, 1.54) is 0 Å². The molecule has 86 valence electrons. The number of likely N-dealkylation sites (N-methyl/N-ethyl adjacent to an activating group) is 1. The molecule has 0 fully saturated rings. The van der Waals surface area contributed by atoms with Gasteiger partial charge in [-0.3, -0.25) is 0 Å². The molecule has 15 heavy (non-hydrogen) atoms. The third-order valence-electron chi connectivity index (χ3n) is 2.03. The van der Waals surface area contributed by atoms with Gasteiger partial charge in [-0.2, -0.15) is 5.10 Å². The van der Waals surface area contributed by atoms with Gasteiger partial charge in [0.25, 0.3) is 0 Å². The summed E-state index contributed by atoms with van der Waals surface area (Å²) in [6.45, 7) is 3.25. The van der Waals surface area contributed by atoms with Crippen LogP contribution in [0.5, 0.6) is 5.88 Å². The molecule has 0 saturated carbocycles. The fourth-order valence-corrected chi connectivity index (χ4v) is 1.42. The maximum Gasteiger partial charge on any atom is 0.212 e. The van der Waals surface area contributed by atoms with E-state index in [1.54, 1.807) is 11.8 Å². The van der Waals surface area contributed by atoms with Crippen LogP contribution in [0.4, 0.5) is 0 Å². The van der Waals surface area contributed by atoms with Gasteiger partial charge in [0, 0.05) is 26.8 Å². The van der Waals surface area contributed by atoms with E-state index < -0.39 is 0 Å². The topological polar surface area (TPSA) is 48.3 Å². The zero-order valence-corrected chi connectivity index (χ0v) is 9.78. The van der Waals surface area contributed by atoms with Gasteiger partial charge in [-0.05, 0) is 14.0 Å². The summed E-state index contributed by atoms with van der Waals surface area (Å²) in [5.74, 6) is 0.768. The summed E-state index contributed by atoms with van der Waals surface area (Å²) in [6, 6.07) is 1.92. The van der Waals surface area contributed by atoms with E-state index in [9.17, 15) is 0 Å². The number of hydrogen-bond donors (Lipinski definition) is 1. The summed E-state index contributed by atoms with van der Waals surface area (Å²) < 4.78 is 12.6. The SMILES string of the molecule is CNCC(COC)Oc1cc(C)nn1C. The van der Waals surface area contributed by atoms with Crippen LogP contribution in [0.15, 0.2) is 6.07 Å². The maximum absolute atomic E-state index is 5.76. The van der Waals surface area contributed by atoms with Gasteiger partial charge < -0.3 is 14.8 Å². The largest absolute Gasteiger partial charge is 0.471 e. The highest BCUT2D eigenvalue weighted by atomic mass is 16.5.